The molecule has 1 fully saturated rings. The number of methoxy groups -OCH3 is 1. The summed E-state index contributed by atoms with van der Waals surface area (Å²) in [5.41, 5.74) is 0. The summed E-state index contributed by atoms with van der Waals surface area (Å²) in [5, 5.41) is 3.24. The van der Waals surface area contributed by atoms with Crippen molar-refractivity contribution in [1.29, 1.82) is 0 Å². The van der Waals surface area contributed by atoms with E-state index in [0.717, 1.165) is 32.6 Å². The number of carbonyl (C=O) groups excluding carboxylic acids is 1. The summed E-state index contributed by atoms with van der Waals surface area (Å²) in [4.78, 5) is 13.9. The number of carbonyl (C=O) groups is 1. The van der Waals surface area contributed by atoms with E-state index in [2.05, 4.69) is 17.3 Å². The van der Waals surface area contributed by atoms with E-state index >= 15 is 0 Å². The Morgan fingerprint density at radius 2 is 2.28 bits per heavy atom. The number of ether oxygens (including phenoxy) is 2. The van der Waals surface area contributed by atoms with E-state index in [-0.39, 0.29) is 18.1 Å². The van der Waals surface area contributed by atoms with Crippen LogP contribution in [0.4, 0.5) is 0 Å². The first-order chi connectivity index (χ1) is 8.54. The summed E-state index contributed by atoms with van der Waals surface area (Å²) >= 11 is 0. The first-order valence-electron chi connectivity index (χ1n) is 6.66. The first-order valence-corrected chi connectivity index (χ1v) is 6.66. The minimum atomic E-state index is -0.222. The average molecular weight is 258 g/mol. The molecular formula is C13H26N2O3. The predicted octanol–water partition coefficient (Wildman–Crippen LogP) is 0.637. The lowest BCUT2D eigenvalue weighted by atomic mass is 10.1. The zero-order chi connectivity index (χ0) is 13.5. The van der Waals surface area contributed by atoms with E-state index in [9.17, 15) is 4.79 Å². The maximum Gasteiger partial charge on any atom is 0.322 e. The highest BCUT2D eigenvalue weighted by molar-refractivity contribution is 5.75. The minimum absolute atomic E-state index is 0.181. The van der Waals surface area contributed by atoms with Gasteiger partial charge in [0.1, 0.15) is 6.04 Å². The lowest BCUT2D eigenvalue weighted by Crippen LogP contribution is -2.44. The fraction of sp³-hybridized carbons (Fsp3) is 0.923. The zero-order valence-electron chi connectivity index (χ0n) is 11.9. The molecule has 0 saturated carbocycles. The second-order valence-electron chi connectivity index (χ2n) is 5.18. The molecule has 1 aliphatic rings. The largest absolute Gasteiger partial charge is 0.468 e. The molecule has 1 N–H and O–H groups in total. The number of likely N-dealkylation sites (N-methyl/N-ethyl adjacent to an activating group) is 1. The van der Waals surface area contributed by atoms with Gasteiger partial charge in [-0.15, -0.1) is 0 Å². The van der Waals surface area contributed by atoms with Crippen molar-refractivity contribution in [2.45, 2.75) is 44.8 Å². The lowest BCUT2D eigenvalue weighted by Gasteiger charge is -2.26. The van der Waals surface area contributed by atoms with Gasteiger partial charge < -0.3 is 19.7 Å². The van der Waals surface area contributed by atoms with E-state index in [1.165, 1.54) is 7.11 Å². The van der Waals surface area contributed by atoms with E-state index in [1.807, 2.05) is 13.8 Å². The molecule has 0 aromatic carbocycles. The van der Waals surface area contributed by atoms with Gasteiger partial charge in [-0.1, -0.05) is 13.8 Å². The average Bonchev–Trinajstić information content (AvgIpc) is 2.86. The van der Waals surface area contributed by atoms with Gasteiger partial charge in [-0.3, -0.25) is 4.79 Å². The quantitative estimate of drug-likeness (QED) is 0.679. The zero-order valence-corrected chi connectivity index (χ0v) is 11.9. The summed E-state index contributed by atoms with van der Waals surface area (Å²) in [7, 11) is 3.52. The molecule has 1 heterocycles. The minimum Gasteiger partial charge on any atom is -0.468 e. The maximum atomic E-state index is 11.7. The Hall–Kier alpha value is -0.650. The number of hydrogen-bond donors (Lipinski definition) is 1. The third-order valence-electron chi connectivity index (χ3n) is 3.32. The molecule has 1 rings (SSSR count). The molecule has 2 unspecified atom stereocenters. The molecule has 0 bridgehead atoms. The van der Waals surface area contributed by atoms with Crippen molar-refractivity contribution < 1.29 is 14.3 Å². The highest BCUT2D eigenvalue weighted by Crippen LogP contribution is 2.11. The molecule has 0 amide bonds. The van der Waals surface area contributed by atoms with Crippen LogP contribution >= 0.6 is 0 Å². The van der Waals surface area contributed by atoms with Crippen LogP contribution in [0.15, 0.2) is 0 Å². The van der Waals surface area contributed by atoms with Gasteiger partial charge in [0.05, 0.1) is 13.7 Å². The highest BCUT2D eigenvalue weighted by atomic mass is 16.5. The summed E-state index contributed by atoms with van der Waals surface area (Å²) in [6.07, 6.45) is 1.84. The molecule has 5 heteroatoms. The summed E-state index contributed by atoms with van der Waals surface area (Å²) in [5.74, 6) is -0.181. The molecule has 0 aromatic rings. The molecule has 18 heavy (non-hydrogen) atoms. The van der Waals surface area contributed by atoms with E-state index in [0.29, 0.717) is 6.04 Å². The number of nitrogens with one attached hydrogen (secondary N) is 1. The Labute approximate surface area is 110 Å². The van der Waals surface area contributed by atoms with Gasteiger partial charge in [-0.2, -0.15) is 0 Å². The van der Waals surface area contributed by atoms with Crippen LogP contribution in [0.1, 0.15) is 26.7 Å². The maximum absolute atomic E-state index is 11.7. The Kier molecular flexibility index (Phi) is 6.60. The summed E-state index contributed by atoms with van der Waals surface area (Å²) < 4.78 is 10.2. The molecule has 0 aromatic heterocycles. The van der Waals surface area contributed by atoms with Crippen LogP contribution in [0.25, 0.3) is 0 Å². The topological polar surface area (TPSA) is 50.8 Å². The van der Waals surface area contributed by atoms with Gasteiger partial charge >= 0.3 is 5.97 Å². The van der Waals surface area contributed by atoms with Gasteiger partial charge in [0.2, 0.25) is 0 Å². The van der Waals surface area contributed by atoms with Crippen LogP contribution in [-0.2, 0) is 14.3 Å². The van der Waals surface area contributed by atoms with E-state index in [1.54, 1.807) is 0 Å². The van der Waals surface area contributed by atoms with Gasteiger partial charge in [-0.05, 0) is 19.9 Å². The van der Waals surface area contributed by atoms with Crippen molar-refractivity contribution in [1.82, 2.24) is 10.2 Å². The van der Waals surface area contributed by atoms with E-state index in [4.69, 9.17) is 9.47 Å². The first kappa shape index (κ1) is 15.4. The van der Waals surface area contributed by atoms with Gasteiger partial charge in [0.25, 0.3) is 0 Å². The standard InChI is InChI=1S/C13H26N2O3/c1-10(2)14-12(13(16)17-4)5-7-15(3)11-6-8-18-9-11/h10-12,14H,5-9H2,1-4H3. The number of hydrogen-bond acceptors (Lipinski definition) is 5. The Morgan fingerprint density at radius 3 is 2.78 bits per heavy atom. The third-order valence-corrected chi connectivity index (χ3v) is 3.32. The van der Waals surface area contributed by atoms with Crippen LogP contribution in [0.5, 0.6) is 0 Å². The van der Waals surface area contributed by atoms with Crippen LogP contribution in [0.2, 0.25) is 0 Å². The van der Waals surface area contributed by atoms with Crippen molar-refractivity contribution in [3.05, 3.63) is 0 Å². The van der Waals surface area contributed by atoms with Crippen molar-refractivity contribution >= 4 is 5.97 Å². The van der Waals surface area contributed by atoms with Gasteiger partial charge in [0.15, 0.2) is 0 Å². The van der Waals surface area contributed by atoms with E-state index < -0.39 is 0 Å². The second kappa shape index (κ2) is 7.71. The number of rotatable bonds is 7. The third kappa shape index (κ3) is 4.92. The van der Waals surface area contributed by atoms with Crippen molar-refractivity contribution in [2.75, 3.05) is 33.9 Å². The molecule has 5 nitrogen and oxygen atoms in total. The summed E-state index contributed by atoms with van der Waals surface area (Å²) in [6, 6.07) is 0.538. The lowest BCUT2D eigenvalue weighted by molar-refractivity contribution is -0.143. The fourth-order valence-corrected chi connectivity index (χ4v) is 2.20. The van der Waals surface area contributed by atoms with Crippen molar-refractivity contribution in [2.24, 2.45) is 0 Å². The SMILES string of the molecule is COC(=O)C(CCN(C)C1CCOC1)NC(C)C. The van der Waals surface area contributed by atoms with Gasteiger partial charge in [0, 0.05) is 25.2 Å². The van der Waals surface area contributed by atoms with Crippen LogP contribution in [0, 0.1) is 0 Å². The van der Waals surface area contributed by atoms with Crippen LogP contribution in [0.3, 0.4) is 0 Å². The fourth-order valence-electron chi connectivity index (χ4n) is 2.20. The Balaban J connectivity index is 2.37. The molecule has 0 aliphatic carbocycles. The smallest absolute Gasteiger partial charge is 0.322 e. The normalized spacial score (nSPS) is 21.6. The van der Waals surface area contributed by atoms with Crippen molar-refractivity contribution in [3.8, 4) is 0 Å². The highest BCUT2D eigenvalue weighted by Gasteiger charge is 2.24. The predicted molar refractivity (Wildman–Crippen MR) is 70.5 cm³/mol. The molecule has 106 valence electrons. The molecule has 0 radical (unpaired) electrons. The molecule has 2 atom stereocenters. The molecular weight excluding hydrogens is 232 g/mol. The van der Waals surface area contributed by atoms with Crippen LogP contribution < -0.4 is 5.32 Å². The Bertz CT molecular complexity index is 253. The van der Waals surface area contributed by atoms with Crippen molar-refractivity contribution in [3.63, 3.8) is 0 Å². The molecule has 1 saturated heterocycles. The number of esters is 1. The van der Waals surface area contributed by atoms with Crippen LogP contribution in [-0.4, -0.2) is 62.9 Å². The monoisotopic (exact) mass is 258 g/mol. The number of nitrogens with zero attached hydrogens (tertiary/aromatic N) is 1. The second-order valence-corrected chi connectivity index (χ2v) is 5.18. The molecule has 0 spiro atoms. The summed E-state index contributed by atoms with van der Waals surface area (Å²) in [6.45, 7) is 6.58. The molecule has 1 aliphatic heterocycles. The van der Waals surface area contributed by atoms with Gasteiger partial charge in [-0.25, -0.2) is 0 Å². The Morgan fingerprint density at radius 1 is 1.56 bits per heavy atom.